The van der Waals surface area contributed by atoms with Crippen LogP contribution in [0, 0.1) is 6.92 Å². The minimum absolute atomic E-state index is 0.156. The normalized spacial score (nSPS) is 11.3. The number of nitrogens with two attached hydrogens (primary N) is 1. The first-order valence-corrected chi connectivity index (χ1v) is 9.21. The zero-order chi connectivity index (χ0) is 20.3. The van der Waals surface area contributed by atoms with Crippen LogP contribution in [-0.2, 0) is 5.41 Å². The number of benzene rings is 2. The van der Waals surface area contributed by atoms with Crippen molar-refractivity contribution in [2.45, 2.75) is 39.5 Å². The summed E-state index contributed by atoms with van der Waals surface area (Å²) in [4.78, 5) is 13.4. The highest BCUT2D eigenvalue weighted by Gasteiger charge is 2.26. The van der Waals surface area contributed by atoms with Gasteiger partial charge in [0.25, 0.3) is 0 Å². The summed E-state index contributed by atoms with van der Waals surface area (Å²) in [5.74, 6) is 1.69. The Morgan fingerprint density at radius 2 is 1.68 bits per heavy atom. The van der Waals surface area contributed by atoms with Gasteiger partial charge in [0, 0.05) is 11.5 Å². The van der Waals surface area contributed by atoms with Crippen molar-refractivity contribution >= 4 is 17.6 Å². The van der Waals surface area contributed by atoms with Crippen molar-refractivity contribution < 1.29 is 14.1 Å². The molecule has 0 aliphatic carbocycles. The minimum atomic E-state index is -0.649. The second kappa shape index (κ2) is 7.76. The Morgan fingerprint density at radius 1 is 1.11 bits per heavy atom. The predicted molar refractivity (Wildman–Crippen MR) is 109 cm³/mol. The lowest BCUT2D eigenvalue weighted by atomic mass is 9.87. The maximum absolute atomic E-state index is 12.1. The first-order valence-electron chi connectivity index (χ1n) is 9.21. The molecule has 0 fully saturated rings. The van der Waals surface area contributed by atoms with Crippen molar-refractivity contribution in [3.05, 3.63) is 65.9 Å². The SMILES string of the molecule is CCC(C)(C)c1cc(N(C(N)=O)c2ccc(Oc3ccc(C)cc3)cc2)on1. The van der Waals surface area contributed by atoms with Crippen LogP contribution >= 0.6 is 0 Å². The molecule has 2 aromatic carbocycles. The number of ether oxygens (including phenoxy) is 1. The molecule has 28 heavy (non-hydrogen) atoms. The number of aryl methyl sites for hydroxylation is 1. The Hall–Kier alpha value is -3.28. The van der Waals surface area contributed by atoms with E-state index in [4.69, 9.17) is 15.0 Å². The van der Waals surface area contributed by atoms with Gasteiger partial charge < -0.3 is 15.0 Å². The third-order valence-corrected chi connectivity index (χ3v) is 4.87. The fourth-order valence-corrected chi connectivity index (χ4v) is 2.64. The summed E-state index contributed by atoms with van der Waals surface area (Å²) >= 11 is 0. The number of urea groups is 1. The first kappa shape index (κ1) is 19.5. The largest absolute Gasteiger partial charge is 0.457 e. The van der Waals surface area contributed by atoms with Crippen molar-refractivity contribution in [2.24, 2.45) is 5.73 Å². The van der Waals surface area contributed by atoms with Crippen LogP contribution in [-0.4, -0.2) is 11.2 Å². The number of nitrogens with zero attached hydrogens (tertiary/aromatic N) is 2. The fourth-order valence-electron chi connectivity index (χ4n) is 2.64. The molecule has 1 heterocycles. The van der Waals surface area contributed by atoms with E-state index in [-0.39, 0.29) is 11.3 Å². The molecular weight excluding hydrogens is 354 g/mol. The number of primary amides is 1. The van der Waals surface area contributed by atoms with Crippen LogP contribution in [0.5, 0.6) is 11.5 Å². The van der Waals surface area contributed by atoms with Gasteiger partial charge in [-0.15, -0.1) is 0 Å². The van der Waals surface area contributed by atoms with E-state index in [1.165, 1.54) is 4.90 Å². The molecule has 0 saturated heterocycles. The Labute approximate surface area is 164 Å². The average molecular weight is 379 g/mol. The lowest BCUT2D eigenvalue weighted by Crippen LogP contribution is -2.31. The molecule has 0 atom stereocenters. The summed E-state index contributed by atoms with van der Waals surface area (Å²) < 4.78 is 11.2. The molecule has 0 spiro atoms. The summed E-state index contributed by atoms with van der Waals surface area (Å²) in [5, 5.41) is 4.12. The molecule has 0 aliphatic heterocycles. The van der Waals surface area contributed by atoms with Gasteiger partial charge in [-0.05, 0) is 49.7 Å². The molecule has 0 saturated carbocycles. The van der Waals surface area contributed by atoms with E-state index < -0.39 is 6.03 Å². The van der Waals surface area contributed by atoms with Gasteiger partial charge in [-0.2, -0.15) is 0 Å². The van der Waals surface area contributed by atoms with Gasteiger partial charge in [-0.1, -0.05) is 43.6 Å². The van der Waals surface area contributed by atoms with E-state index in [1.54, 1.807) is 30.3 Å². The minimum Gasteiger partial charge on any atom is -0.457 e. The van der Waals surface area contributed by atoms with Gasteiger partial charge in [-0.3, -0.25) is 0 Å². The second-order valence-electron chi connectivity index (χ2n) is 7.37. The maximum Gasteiger partial charge on any atom is 0.326 e. The monoisotopic (exact) mass is 379 g/mol. The summed E-state index contributed by atoms with van der Waals surface area (Å²) in [7, 11) is 0. The van der Waals surface area contributed by atoms with Gasteiger partial charge >= 0.3 is 6.03 Å². The predicted octanol–water partition coefficient (Wildman–Crippen LogP) is 5.68. The molecule has 6 heteroatoms. The van der Waals surface area contributed by atoms with Crippen molar-refractivity contribution in [3.8, 4) is 11.5 Å². The van der Waals surface area contributed by atoms with Crippen LogP contribution in [0.25, 0.3) is 0 Å². The zero-order valence-corrected chi connectivity index (χ0v) is 16.6. The molecular formula is C22H25N3O3. The number of amides is 2. The molecule has 3 rings (SSSR count). The lowest BCUT2D eigenvalue weighted by molar-refractivity contribution is 0.254. The summed E-state index contributed by atoms with van der Waals surface area (Å²) in [6.45, 7) is 8.24. The van der Waals surface area contributed by atoms with Gasteiger partial charge in [0.15, 0.2) is 0 Å². The van der Waals surface area contributed by atoms with Crippen LogP contribution in [0.15, 0.2) is 59.1 Å². The fraction of sp³-hybridized carbons (Fsp3) is 0.273. The van der Waals surface area contributed by atoms with Crippen LogP contribution in [0.1, 0.15) is 38.4 Å². The topological polar surface area (TPSA) is 81.6 Å². The van der Waals surface area contributed by atoms with Gasteiger partial charge in [0.05, 0.1) is 11.4 Å². The van der Waals surface area contributed by atoms with Crippen LogP contribution in [0.3, 0.4) is 0 Å². The lowest BCUT2D eigenvalue weighted by Gasteiger charge is -2.19. The number of carbonyl (C=O) groups is 1. The highest BCUT2D eigenvalue weighted by Crippen LogP contribution is 2.33. The van der Waals surface area contributed by atoms with E-state index in [1.807, 2.05) is 31.2 Å². The van der Waals surface area contributed by atoms with E-state index >= 15 is 0 Å². The molecule has 0 radical (unpaired) electrons. The molecule has 0 aliphatic rings. The van der Waals surface area contributed by atoms with Gasteiger partial charge in [0.2, 0.25) is 5.88 Å². The van der Waals surface area contributed by atoms with Crippen LogP contribution in [0.4, 0.5) is 16.4 Å². The molecule has 0 bridgehead atoms. The highest BCUT2D eigenvalue weighted by molar-refractivity contribution is 5.97. The van der Waals surface area contributed by atoms with Crippen LogP contribution < -0.4 is 15.4 Å². The second-order valence-corrected chi connectivity index (χ2v) is 7.37. The number of carbonyl (C=O) groups excluding carboxylic acids is 1. The molecule has 2 N–H and O–H groups in total. The number of rotatable bonds is 6. The number of hydrogen-bond donors (Lipinski definition) is 1. The number of hydrogen-bond acceptors (Lipinski definition) is 4. The highest BCUT2D eigenvalue weighted by atomic mass is 16.5. The first-order chi connectivity index (χ1) is 13.3. The van der Waals surface area contributed by atoms with Gasteiger partial charge in [0.1, 0.15) is 11.5 Å². The number of anilines is 2. The Balaban J connectivity index is 1.83. The zero-order valence-electron chi connectivity index (χ0n) is 16.6. The Kier molecular flexibility index (Phi) is 5.40. The standard InChI is InChI=1S/C22H25N3O3/c1-5-22(3,4)19-14-20(28-24-19)25(21(23)26)16-8-12-18(13-9-16)27-17-10-6-15(2)7-11-17/h6-14H,5H2,1-4H3,(H2,23,26). The average Bonchev–Trinajstić information content (AvgIpc) is 3.15. The Morgan fingerprint density at radius 3 is 2.21 bits per heavy atom. The third-order valence-electron chi connectivity index (χ3n) is 4.87. The smallest absolute Gasteiger partial charge is 0.326 e. The third kappa shape index (κ3) is 4.17. The van der Waals surface area contributed by atoms with E-state index in [2.05, 4.69) is 25.9 Å². The molecule has 6 nitrogen and oxygen atoms in total. The van der Waals surface area contributed by atoms with E-state index in [9.17, 15) is 4.79 Å². The summed E-state index contributed by atoms with van der Waals surface area (Å²) in [6, 6.07) is 15.9. The maximum atomic E-state index is 12.1. The molecule has 0 unspecified atom stereocenters. The van der Waals surface area contributed by atoms with Crippen LogP contribution in [0.2, 0.25) is 0 Å². The van der Waals surface area contributed by atoms with Crippen molar-refractivity contribution in [1.29, 1.82) is 0 Å². The molecule has 146 valence electrons. The summed E-state index contributed by atoms with van der Waals surface area (Å²) in [6.07, 6.45) is 0.889. The van der Waals surface area contributed by atoms with Crippen molar-refractivity contribution in [2.75, 3.05) is 4.90 Å². The van der Waals surface area contributed by atoms with Crippen molar-refractivity contribution in [1.82, 2.24) is 5.16 Å². The van der Waals surface area contributed by atoms with Crippen molar-refractivity contribution in [3.63, 3.8) is 0 Å². The molecule has 2 amide bonds. The quantitative estimate of drug-likeness (QED) is 0.597. The summed E-state index contributed by atoms with van der Waals surface area (Å²) in [5.41, 5.74) is 7.95. The molecule has 3 aromatic rings. The number of aromatic nitrogens is 1. The van der Waals surface area contributed by atoms with E-state index in [0.717, 1.165) is 23.4 Å². The Bertz CT molecular complexity index is 944. The van der Waals surface area contributed by atoms with E-state index in [0.29, 0.717) is 11.4 Å². The van der Waals surface area contributed by atoms with Gasteiger partial charge in [-0.25, -0.2) is 9.69 Å². The molecule has 1 aromatic heterocycles.